The summed E-state index contributed by atoms with van der Waals surface area (Å²) in [6, 6.07) is 0.379. The van der Waals surface area contributed by atoms with Crippen molar-refractivity contribution in [3.05, 3.63) is 15.6 Å². The highest BCUT2D eigenvalue weighted by Crippen LogP contribution is 2.29. The number of rotatable bonds is 6. The van der Waals surface area contributed by atoms with E-state index in [0.717, 1.165) is 25.3 Å². The molecule has 1 aromatic rings. The fourth-order valence-corrected chi connectivity index (χ4v) is 3.93. The molecular formula is C15H26N2OS. The number of aromatic nitrogens is 1. The highest BCUT2D eigenvalue weighted by Gasteiger charge is 2.20. The molecule has 2 N–H and O–H groups in total. The monoisotopic (exact) mass is 282 g/mol. The molecule has 0 fully saturated rings. The Kier molecular flexibility index (Phi) is 5.37. The summed E-state index contributed by atoms with van der Waals surface area (Å²) in [5, 5.41) is 13.8. The second-order valence-electron chi connectivity index (χ2n) is 6.07. The van der Waals surface area contributed by atoms with Gasteiger partial charge in [0.1, 0.15) is 5.01 Å². The zero-order valence-corrected chi connectivity index (χ0v) is 13.1. The van der Waals surface area contributed by atoms with Gasteiger partial charge in [0.05, 0.1) is 5.69 Å². The van der Waals surface area contributed by atoms with Crippen LogP contribution in [0.25, 0.3) is 0 Å². The van der Waals surface area contributed by atoms with Gasteiger partial charge in [0.15, 0.2) is 0 Å². The number of aliphatic hydroxyl groups excluding tert-OH is 1. The number of nitrogens with zero attached hydrogens (tertiary/aromatic N) is 1. The van der Waals surface area contributed by atoms with Gasteiger partial charge in [0.25, 0.3) is 0 Å². The first-order chi connectivity index (χ1) is 9.10. The SMILES string of the molecule is CC1CCc2nc(CNC(CCO)C(C)C)sc2C1. The van der Waals surface area contributed by atoms with Crippen molar-refractivity contribution < 1.29 is 5.11 Å². The van der Waals surface area contributed by atoms with Crippen LogP contribution in [0.2, 0.25) is 0 Å². The molecular weight excluding hydrogens is 256 g/mol. The molecule has 0 aliphatic heterocycles. The first-order valence-corrected chi connectivity index (χ1v) is 8.23. The summed E-state index contributed by atoms with van der Waals surface area (Å²) >= 11 is 1.87. The first kappa shape index (κ1) is 14.9. The molecule has 0 saturated heterocycles. The van der Waals surface area contributed by atoms with E-state index in [9.17, 15) is 0 Å². The van der Waals surface area contributed by atoms with Crippen LogP contribution in [0.3, 0.4) is 0 Å². The zero-order chi connectivity index (χ0) is 13.8. The predicted octanol–water partition coefficient (Wildman–Crippen LogP) is 2.76. The Bertz CT molecular complexity index is 403. The minimum Gasteiger partial charge on any atom is -0.396 e. The molecule has 2 rings (SSSR count). The standard InChI is InChI=1S/C15H26N2OS/c1-10(2)12(6-7-18)16-9-15-17-13-5-4-11(3)8-14(13)19-15/h10-12,16,18H,4-9H2,1-3H3. The number of thiazole rings is 1. The second-order valence-corrected chi connectivity index (χ2v) is 7.24. The highest BCUT2D eigenvalue weighted by molar-refractivity contribution is 7.11. The number of fused-ring (bicyclic) bond motifs is 1. The van der Waals surface area contributed by atoms with Crippen molar-refractivity contribution in [3.8, 4) is 0 Å². The number of hydrogen-bond donors (Lipinski definition) is 2. The fraction of sp³-hybridized carbons (Fsp3) is 0.800. The van der Waals surface area contributed by atoms with Gasteiger partial charge >= 0.3 is 0 Å². The van der Waals surface area contributed by atoms with Crippen LogP contribution in [-0.2, 0) is 19.4 Å². The molecule has 0 bridgehead atoms. The summed E-state index contributed by atoms with van der Waals surface area (Å²) in [7, 11) is 0. The maximum atomic E-state index is 9.09. The van der Waals surface area contributed by atoms with Gasteiger partial charge in [0.2, 0.25) is 0 Å². The van der Waals surface area contributed by atoms with Crippen molar-refractivity contribution in [2.45, 2.75) is 59.0 Å². The van der Waals surface area contributed by atoms with Crippen molar-refractivity contribution >= 4 is 11.3 Å². The summed E-state index contributed by atoms with van der Waals surface area (Å²) in [6.45, 7) is 7.82. The van der Waals surface area contributed by atoms with E-state index in [0.29, 0.717) is 12.0 Å². The molecule has 0 spiro atoms. The first-order valence-electron chi connectivity index (χ1n) is 7.41. The number of hydrogen-bond acceptors (Lipinski definition) is 4. The number of aliphatic hydroxyl groups is 1. The molecule has 1 aliphatic carbocycles. The second kappa shape index (κ2) is 6.82. The molecule has 1 aliphatic rings. The Morgan fingerprint density at radius 2 is 2.26 bits per heavy atom. The lowest BCUT2D eigenvalue weighted by Crippen LogP contribution is -2.34. The summed E-state index contributed by atoms with van der Waals surface area (Å²) in [6.07, 6.45) is 4.46. The quantitative estimate of drug-likeness (QED) is 0.843. The van der Waals surface area contributed by atoms with Gasteiger partial charge in [-0.25, -0.2) is 4.98 Å². The largest absolute Gasteiger partial charge is 0.396 e. The molecule has 3 nitrogen and oxygen atoms in total. The highest BCUT2D eigenvalue weighted by atomic mass is 32.1. The van der Waals surface area contributed by atoms with E-state index in [-0.39, 0.29) is 6.61 Å². The van der Waals surface area contributed by atoms with E-state index in [1.807, 2.05) is 11.3 Å². The maximum Gasteiger partial charge on any atom is 0.107 e. The van der Waals surface area contributed by atoms with Crippen LogP contribution in [-0.4, -0.2) is 22.7 Å². The van der Waals surface area contributed by atoms with Gasteiger partial charge in [-0.1, -0.05) is 20.8 Å². The molecule has 1 aromatic heterocycles. The average Bonchev–Trinajstić information content (AvgIpc) is 2.75. The van der Waals surface area contributed by atoms with E-state index in [1.165, 1.54) is 28.4 Å². The average molecular weight is 282 g/mol. The third kappa shape index (κ3) is 4.01. The smallest absolute Gasteiger partial charge is 0.107 e. The van der Waals surface area contributed by atoms with Crippen LogP contribution >= 0.6 is 11.3 Å². The van der Waals surface area contributed by atoms with E-state index in [2.05, 4.69) is 26.1 Å². The molecule has 0 aromatic carbocycles. The van der Waals surface area contributed by atoms with Crippen LogP contribution in [0.5, 0.6) is 0 Å². The third-order valence-electron chi connectivity index (χ3n) is 3.99. The van der Waals surface area contributed by atoms with Crippen LogP contribution in [0.15, 0.2) is 0 Å². The van der Waals surface area contributed by atoms with Gasteiger partial charge in [-0.15, -0.1) is 11.3 Å². The summed E-state index contributed by atoms with van der Waals surface area (Å²) in [5.74, 6) is 1.35. The lowest BCUT2D eigenvalue weighted by atomic mass is 9.93. The Hall–Kier alpha value is -0.450. The van der Waals surface area contributed by atoms with Gasteiger partial charge in [-0.05, 0) is 37.5 Å². The van der Waals surface area contributed by atoms with Gasteiger partial charge < -0.3 is 10.4 Å². The van der Waals surface area contributed by atoms with Crippen molar-refractivity contribution in [3.63, 3.8) is 0 Å². The Morgan fingerprint density at radius 3 is 2.95 bits per heavy atom. The molecule has 2 unspecified atom stereocenters. The van der Waals surface area contributed by atoms with E-state index < -0.39 is 0 Å². The number of nitrogens with one attached hydrogen (secondary N) is 1. The summed E-state index contributed by atoms with van der Waals surface area (Å²) < 4.78 is 0. The van der Waals surface area contributed by atoms with Crippen LogP contribution in [0.4, 0.5) is 0 Å². The molecule has 0 amide bonds. The molecule has 0 saturated carbocycles. The van der Waals surface area contributed by atoms with Crippen LogP contribution < -0.4 is 5.32 Å². The summed E-state index contributed by atoms with van der Waals surface area (Å²) in [4.78, 5) is 6.27. The van der Waals surface area contributed by atoms with Gasteiger partial charge in [0, 0.05) is 24.1 Å². The molecule has 108 valence electrons. The topological polar surface area (TPSA) is 45.2 Å². The molecule has 2 atom stereocenters. The van der Waals surface area contributed by atoms with Gasteiger partial charge in [-0.3, -0.25) is 0 Å². The van der Waals surface area contributed by atoms with Crippen LogP contribution in [0, 0.1) is 11.8 Å². The van der Waals surface area contributed by atoms with Crippen molar-refractivity contribution in [2.75, 3.05) is 6.61 Å². The van der Waals surface area contributed by atoms with Crippen molar-refractivity contribution in [2.24, 2.45) is 11.8 Å². The Balaban J connectivity index is 1.92. The van der Waals surface area contributed by atoms with E-state index in [1.54, 1.807) is 0 Å². The minimum absolute atomic E-state index is 0.252. The maximum absolute atomic E-state index is 9.09. The number of aryl methyl sites for hydroxylation is 1. The van der Waals surface area contributed by atoms with Crippen LogP contribution in [0.1, 0.15) is 49.2 Å². The lowest BCUT2D eigenvalue weighted by Gasteiger charge is -2.20. The van der Waals surface area contributed by atoms with Crippen molar-refractivity contribution in [1.82, 2.24) is 10.3 Å². The lowest BCUT2D eigenvalue weighted by molar-refractivity contribution is 0.244. The zero-order valence-electron chi connectivity index (χ0n) is 12.3. The summed E-state index contributed by atoms with van der Waals surface area (Å²) in [5.41, 5.74) is 1.34. The fourth-order valence-electron chi connectivity index (χ4n) is 2.70. The van der Waals surface area contributed by atoms with E-state index in [4.69, 9.17) is 10.1 Å². The Labute approximate surface area is 120 Å². The molecule has 4 heteroatoms. The molecule has 1 heterocycles. The minimum atomic E-state index is 0.252. The van der Waals surface area contributed by atoms with E-state index >= 15 is 0 Å². The van der Waals surface area contributed by atoms with Gasteiger partial charge in [-0.2, -0.15) is 0 Å². The third-order valence-corrected chi connectivity index (χ3v) is 5.11. The molecule has 0 radical (unpaired) electrons. The molecule has 19 heavy (non-hydrogen) atoms. The Morgan fingerprint density at radius 1 is 1.47 bits per heavy atom. The normalized spacial score (nSPS) is 20.6. The van der Waals surface area contributed by atoms with Crippen molar-refractivity contribution in [1.29, 1.82) is 0 Å². The predicted molar refractivity (Wildman–Crippen MR) is 80.5 cm³/mol.